The fourth-order valence-electron chi connectivity index (χ4n) is 2.45. The molecule has 0 N–H and O–H groups in total. The number of alkyl halides is 1. The molecule has 0 aliphatic heterocycles. The molecule has 1 aliphatic carbocycles. The van der Waals surface area contributed by atoms with Gasteiger partial charge in [0.2, 0.25) is 0 Å². The average molecular weight is 303 g/mol. The maximum atomic E-state index is 4.39. The Morgan fingerprint density at radius 2 is 2.19 bits per heavy atom. The highest BCUT2D eigenvalue weighted by atomic mass is 79.9. The van der Waals surface area contributed by atoms with Gasteiger partial charge in [-0.2, -0.15) is 0 Å². The third-order valence-electron chi connectivity index (χ3n) is 3.28. The summed E-state index contributed by atoms with van der Waals surface area (Å²) in [5.41, 5.74) is 0. The standard InChI is InChI=1S/C12H19BrN2S/c13-6-8-15(10-12-14-7-9-16-12)11-4-2-1-3-5-11/h7,9,11H,1-6,8,10H2. The smallest absolute Gasteiger partial charge is 0.107 e. The summed E-state index contributed by atoms with van der Waals surface area (Å²) in [4.78, 5) is 7.00. The van der Waals surface area contributed by atoms with Crippen molar-refractivity contribution in [2.24, 2.45) is 0 Å². The molecule has 2 nitrogen and oxygen atoms in total. The van der Waals surface area contributed by atoms with Crippen molar-refractivity contribution in [1.82, 2.24) is 9.88 Å². The first-order valence-corrected chi connectivity index (χ1v) is 8.08. The van der Waals surface area contributed by atoms with Crippen LogP contribution in [-0.2, 0) is 6.54 Å². The van der Waals surface area contributed by atoms with Gasteiger partial charge in [0.05, 0.1) is 6.54 Å². The Bertz CT molecular complexity index is 283. The van der Waals surface area contributed by atoms with Gasteiger partial charge in [-0.1, -0.05) is 35.2 Å². The van der Waals surface area contributed by atoms with E-state index in [0.717, 1.165) is 24.5 Å². The zero-order valence-electron chi connectivity index (χ0n) is 9.57. The molecule has 0 aromatic carbocycles. The van der Waals surface area contributed by atoms with E-state index in [4.69, 9.17) is 0 Å². The summed E-state index contributed by atoms with van der Waals surface area (Å²) in [7, 11) is 0. The summed E-state index contributed by atoms with van der Waals surface area (Å²) in [6.45, 7) is 2.18. The second-order valence-electron chi connectivity index (χ2n) is 4.38. The van der Waals surface area contributed by atoms with Crippen LogP contribution in [0.4, 0.5) is 0 Å². The van der Waals surface area contributed by atoms with Crippen LogP contribution in [0, 0.1) is 0 Å². The Morgan fingerprint density at radius 1 is 1.38 bits per heavy atom. The molecule has 1 aromatic rings. The number of hydrogen-bond donors (Lipinski definition) is 0. The monoisotopic (exact) mass is 302 g/mol. The normalized spacial score (nSPS) is 18.1. The van der Waals surface area contributed by atoms with E-state index < -0.39 is 0 Å². The number of nitrogens with zero attached hydrogens (tertiary/aromatic N) is 2. The zero-order chi connectivity index (χ0) is 11.2. The third kappa shape index (κ3) is 3.54. The number of aromatic nitrogens is 1. The van der Waals surface area contributed by atoms with Crippen LogP contribution in [0.5, 0.6) is 0 Å². The zero-order valence-corrected chi connectivity index (χ0v) is 12.0. The molecule has 0 amide bonds. The molecule has 1 heterocycles. The molecule has 4 heteroatoms. The lowest BCUT2D eigenvalue weighted by molar-refractivity contribution is 0.157. The Labute approximate surface area is 110 Å². The summed E-state index contributed by atoms with van der Waals surface area (Å²) in [6, 6.07) is 0.787. The minimum atomic E-state index is 0.787. The van der Waals surface area contributed by atoms with Crippen molar-refractivity contribution in [2.45, 2.75) is 44.7 Å². The minimum Gasteiger partial charge on any atom is -0.293 e. The fourth-order valence-corrected chi connectivity index (χ4v) is 3.55. The maximum absolute atomic E-state index is 4.39. The lowest BCUT2D eigenvalue weighted by Crippen LogP contribution is -2.37. The molecule has 0 radical (unpaired) electrons. The molecule has 16 heavy (non-hydrogen) atoms. The van der Waals surface area contributed by atoms with Gasteiger partial charge in [-0.15, -0.1) is 11.3 Å². The van der Waals surface area contributed by atoms with E-state index in [0.29, 0.717) is 0 Å². The number of rotatable bonds is 5. The molecule has 2 rings (SSSR count). The van der Waals surface area contributed by atoms with Crippen LogP contribution < -0.4 is 0 Å². The Hall–Kier alpha value is 0.0700. The van der Waals surface area contributed by atoms with Gasteiger partial charge in [-0.3, -0.25) is 4.90 Å². The first-order valence-electron chi connectivity index (χ1n) is 6.08. The number of halogens is 1. The second kappa shape index (κ2) is 6.72. The Balaban J connectivity index is 1.92. The molecule has 0 atom stereocenters. The van der Waals surface area contributed by atoms with Gasteiger partial charge in [0.15, 0.2) is 0 Å². The third-order valence-corrected chi connectivity index (χ3v) is 4.40. The van der Waals surface area contributed by atoms with Crippen molar-refractivity contribution in [3.8, 4) is 0 Å². The summed E-state index contributed by atoms with van der Waals surface area (Å²) in [5, 5.41) is 4.39. The van der Waals surface area contributed by atoms with E-state index in [1.165, 1.54) is 37.1 Å². The molecule has 1 saturated carbocycles. The molecule has 0 unspecified atom stereocenters. The molecule has 0 saturated heterocycles. The lowest BCUT2D eigenvalue weighted by Gasteiger charge is -2.33. The van der Waals surface area contributed by atoms with Gasteiger partial charge in [0.25, 0.3) is 0 Å². The highest BCUT2D eigenvalue weighted by Gasteiger charge is 2.21. The fraction of sp³-hybridized carbons (Fsp3) is 0.750. The first-order chi connectivity index (χ1) is 7.90. The SMILES string of the molecule is BrCCN(Cc1nccs1)C1CCCCC1. The van der Waals surface area contributed by atoms with Crippen LogP contribution >= 0.6 is 27.3 Å². The molecule has 90 valence electrons. The molecule has 1 fully saturated rings. The van der Waals surface area contributed by atoms with Gasteiger partial charge in [0.1, 0.15) is 5.01 Å². The number of thiazole rings is 1. The maximum Gasteiger partial charge on any atom is 0.107 e. The van der Waals surface area contributed by atoms with Crippen LogP contribution in [0.2, 0.25) is 0 Å². The summed E-state index contributed by atoms with van der Waals surface area (Å²) >= 11 is 5.34. The quantitative estimate of drug-likeness (QED) is 0.772. The van der Waals surface area contributed by atoms with Crippen LogP contribution in [0.1, 0.15) is 37.1 Å². The van der Waals surface area contributed by atoms with Gasteiger partial charge < -0.3 is 0 Å². The molecular formula is C12H19BrN2S. The molecule has 1 aliphatic rings. The molecule has 0 spiro atoms. The van der Waals surface area contributed by atoms with E-state index in [-0.39, 0.29) is 0 Å². The van der Waals surface area contributed by atoms with E-state index in [9.17, 15) is 0 Å². The van der Waals surface area contributed by atoms with Crippen molar-refractivity contribution in [1.29, 1.82) is 0 Å². The predicted molar refractivity (Wildman–Crippen MR) is 73.2 cm³/mol. The van der Waals surface area contributed by atoms with E-state index in [1.807, 2.05) is 6.20 Å². The van der Waals surface area contributed by atoms with E-state index in [2.05, 4.69) is 31.2 Å². The predicted octanol–water partition coefficient (Wildman–Crippen LogP) is 3.67. The van der Waals surface area contributed by atoms with Crippen LogP contribution in [0.15, 0.2) is 11.6 Å². The summed E-state index contributed by atoms with van der Waals surface area (Å²) in [5.74, 6) is 0. The van der Waals surface area contributed by atoms with Crippen molar-refractivity contribution >= 4 is 27.3 Å². The Kier molecular flexibility index (Phi) is 5.26. The summed E-state index contributed by atoms with van der Waals surface area (Å²) < 4.78 is 0. The highest BCUT2D eigenvalue weighted by Crippen LogP contribution is 2.24. The van der Waals surface area contributed by atoms with Crippen molar-refractivity contribution in [2.75, 3.05) is 11.9 Å². The number of hydrogen-bond acceptors (Lipinski definition) is 3. The Morgan fingerprint density at radius 3 is 2.81 bits per heavy atom. The van der Waals surface area contributed by atoms with Gasteiger partial charge >= 0.3 is 0 Å². The van der Waals surface area contributed by atoms with Gasteiger partial charge in [0, 0.05) is 29.5 Å². The lowest BCUT2D eigenvalue weighted by atomic mass is 9.94. The van der Waals surface area contributed by atoms with E-state index >= 15 is 0 Å². The van der Waals surface area contributed by atoms with Crippen molar-refractivity contribution < 1.29 is 0 Å². The average Bonchev–Trinajstić information content (AvgIpc) is 2.83. The highest BCUT2D eigenvalue weighted by molar-refractivity contribution is 9.09. The minimum absolute atomic E-state index is 0.787. The van der Waals surface area contributed by atoms with Crippen molar-refractivity contribution in [3.05, 3.63) is 16.6 Å². The van der Waals surface area contributed by atoms with Gasteiger partial charge in [-0.25, -0.2) is 4.98 Å². The largest absolute Gasteiger partial charge is 0.293 e. The van der Waals surface area contributed by atoms with Crippen molar-refractivity contribution in [3.63, 3.8) is 0 Å². The van der Waals surface area contributed by atoms with Crippen LogP contribution in [0.25, 0.3) is 0 Å². The van der Waals surface area contributed by atoms with Crippen LogP contribution in [-0.4, -0.2) is 27.8 Å². The molecule has 0 bridgehead atoms. The first kappa shape index (κ1) is 12.5. The van der Waals surface area contributed by atoms with Crippen LogP contribution in [0.3, 0.4) is 0 Å². The molecule has 1 aromatic heterocycles. The van der Waals surface area contributed by atoms with Gasteiger partial charge in [-0.05, 0) is 12.8 Å². The second-order valence-corrected chi connectivity index (χ2v) is 6.15. The molecular weight excluding hydrogens is 284 g/mol. The van der Waals surface area contributed by atoms with E-state index in [1.54, 1.807) is 11.3 Å². The summed E-state index contributed by atoms with van der Waals surface area (Å²) in [6.07, 6.45) is 8.89. The topological polar surface area (TPSA) is 16.1 Å².